The molecule has 0 aliphatic heterocycles. The number of hydrogen-bond acceptors (Lipinski definition) is 5. The van der Waals surface area contributed by atoms with Gasteiger partial charge in [-0.1, -0.05) is 49.9 Å². The quantitative estimate of drug-likeness (QED) is 0.393. The minimum absolute atomic E-state index is 0.0893. The lowest BCUT2D eigenvalue weighted by Gasteiger charge is -2.14. The third kappa shape index (κ3) is 4.93. The van der Waals surface area contributed by atoms with E-state index in [1.54, 1.807) is 22.8 Å². The molecule has 0 aliphatic carbocycles. The van der Waals surface area contributed by atoms with Crippen molar-refractivity contribution in [3.05, 3.63) is 70.3 Å². The van der Waals surface area contributed by atoms with E-state index in [4.69, 9.17) is 0 Å². The topological polar surface area (TPSA) is 81.3 Å². The molecule has 1 atom stereocenters. The van der Waals surface area contributed by atoms with Gasteiger partial charge in [-0.3, -0.25) is 18.6 Å². The van der Waals surface area contributed by atoms with Crippen molar-refractivity contribution in [2.75, 3.05) is 5.75 Å². The van der Waals surface area contributed by atoms with E-state index in [9.17, 15) is 14.0 Å². The Kier molecular flexibility index (Phi) is 6.78. The Labute approximate surface area is 195 Å². The largest absolute Gasteiger partial charge is 0.349 e. The third-order valence-electron chi connectivity index (χ3n) is 5.49. The Morgan fingerprint density at radius 3 is 2.55 bits per heavy atom. The molecule has 1 N–H and O–H groups in total. The molecule has 0 spiro atoms. The van der Waals surface area contributed by atoms with Crippen LogP contribution in [0, 0.1) is 11.7 Å². The van der Waals surface area contributed by atoms with Crippen LogP contribution in [0.3, 0.4) is 0 Å². The zero-order valence-electron chi connectivity index (χ0n) is 18.8. The van der Waals surface area contributed by atoms with Gasteiger partial charge in [-0.15, -0.1) is 10.2 Å². The molecule has 2 heterocycles. The van der Waals surface area contributed by atoms with Crippen LogP contribution in [0.5, 0.6) is 0 Å². The summed E-state index contributed by atoms with van der Waals surface area (Å²) in [7, 11) is 0. The van der Waals surface area contributed by atoms with Gasteiger partial charge in [0.25, 0.3) is 5.56 Å². The first kappa shape index (κ1) is 23.0. The average Bonchev–Trinajstić information content (AvgIpc) is 3.22. The van der Waals surface area contributed by atoms with Crippen molar-refractivity contribution in [2.45, 2.75) is 44.9 Å². The Bertz CT molecular complexity index is 1350. The van der Waals surface area contributed by atoms with Crippen molar-refractivity contribution >= 4 is 34.3 Å². The number of amides is 1. The van der Waals surface area contributed by atoms with E-state index in [1.807, 2.05) is 29.5 Å². The fourth-order valence-electron chi connectivity index (χ4n) is 3.66. The first-order chi connectivity index (χ1) is 15.8. The van der Waals surface area contributed by atoms with Crippen molar-refractivity contribution in [1.82, 2.24) is 24.5 Å². The molecule has 4 rings (SSSR count). The van der Waals surface area contributed by atoms with Crippen LogP contribution in [0.2, 0.25) is 0 Å². The third-order valence-corrected chi connectivity index (χ3v) is 6.42. The van der Waals surface area contributed by atoms with Crippen LogP contribution in [-0.2, 0) is 11.3 Å². The van der Waals surface area contributed by atoms with Crippen LogP contribution < -0.4 is 10.9 Å². The number of carbonyl (C=O) groups excluding carboxylic acids is 1. The first-order valence-corrected chi connectivity index (χ1v) is 11.9. The first-order valence-electron chi connectivity index (χ1n) is 10.9. The van der Waals surface area contributed by atoms with E-state index in [1.165, 1.54) is 23.9 Å². The zero-order valence-corrected chi connectivity index (χ0v) is 19.6. The number of aryl methyl sites for hydroxylation is 1. The lowest BCUT2D eigenvalue weighted by atomic mass is 10.1. The summed E-state index contributed by atoms with van der Waals surface area (Å²) in [5.41, 5.74) is 1.45. The highest BCUT2D eigenvalue weighted by atomic mass is 32.2. The Morgan fingerprint density at radius 1 is 1.09 bits per heavy atom. The van der Waals surface area contributed by atoms with Crippen LogP contribution in [0.15, 0.2) is 58.5 Å². The van der Waals surface area contributed by atoms with Crippen LogP contribution in [0.4, 0.5) is 4.39 Å². The number of halogens is 1. The van der Waals surface area contributed by atoms with Crippen molar-refractivity contribution in [3.8, 4) is 0 Å². The summed E-state index contributed by atoms with van der Waals surface area (Å²) in [6.45, 7) is 6.62. The number of carbonyl (C=O) groups is 1. The second-order valence-electron chi connectivity index (χ2n) is 8.40. The number of nitrogens with zero attached hydrogens (tertiary/aromatic N) is 4. The van der Waals surface area contributed by atoms with Gasteiger partial charge in [0.05, 0.1) is 22.7 Å². The van der Waals surface area contributed by atoms with Gasteiger partial charge in [-0.25, -0.2) is 4.39 Å². The van der Waals surface area contributed by atoms with Gasteiger partial charge in [-0.2, -0.15) is 0 Å². The molecule has 0 saturated heterocycles. The van der Waals surface area contributed by atoms with Gasteiger partial charge < -0.3 is 5.32 Å². The monoisotopic (exact) mass is 467 g/mol. The minimum atomic E-state index is -0.314. The molecular formula is C24H26FN5O2S. The van der Waals surface area contributed by atoms with Crippen LogP contribution in [0.25, 0.3) is 16.7 Å². The molecule has 0 bridgehead atoms. The van der Waals surface area contributed by atoms with Crippen molar-refractivity contribution in [1.29, 1.82) is 0 Å². The maximum Gasteiger partial charge on any atom is 0.262 e. The van der Waals surface area contributed by atoms with Gasteiger partial charge in [0, 0.05) is 6.54 Å². The van der Waals surface area contributed by atoms with Crippen molar-refractivity contribution < 1.29 is 9.18 Å². The molecule has 33 heavy (non-hydrogen) atoms. The van der Waals surface area contributed by atoms with E-state index in [0.717, 1.165) is 12.0 Å². The molecule has 2 aromatic heterocycles. The molecule has 4 aromatic rings. The lowest BCUT2D eigenvalue weighted by Crippen LogP contribution is -2.28. The average molecular weight is 468 g/mol. The van der Waals surface area contributed by atoms with Gasteiger partial charge in [0.1, 0.15) is 5.82 Å². The second kappa shape index (κ2) is 9.74. The fourth-order valence-corrected chi connectivity index (χ4v) is 4.42. The highest BCUT2D eigenvalue weighted by Gasteiger charge is 2.18. The van der Waals surface area contributed by atoms with Gasteiger partial charge in [0.15, 0.2) is 5.16 Å². The molecule has 0 fully saturated rings. The number of hydrogen-bond donors (Lipinski definition) is 1. The van der Waals surface area contributed by atoms with Crippen LogP contribution in [-0.4, -0.2) is 30.8 Å². The molecule has 9 heteroatoms. The summed E-state index contributed by atoms with van der Waals surface area (Å²) in [6, 6.07) is 13.2. The van der Waals surface area contributed by atoms with Gasteiger partial charge >= 0.3 is 0 Å². The second-order valence-corrected chi connectivity index (χ2v) is 9.35. The Morgan fingerprint density at radius 2 is 1.82 bits per heavy atom. The molecule has 7 nitrogen and oxygen atoms in total. The van der Waals surface area contributed by atoms with E-state index in [0.29, 0.717) is 34.3 Å². The Hall–Kier alpha value is -3.20. The highest BCUT2D eigenvalue weighted by molar-refractivity contribution is 7.99. The summed E-state index contributed by atoms with van der Waals surface area (Å²) in [5.74, 6) is 0.553. The predicted molar refractivity (Wildman–Crippen MR) is 128 cm³/mol. The van der Waals surface area contributed by atoms with Crippen molar-refractivity contribution in [2.24, 2.45) is 5.92 Å². The predicted octanol–water partition coefficient (Wildman–Crippen LogP) is 4.20. The van der Waals surface area contributed by atoms with E-state index < -0.39 is 0 Å². The molecule has 1 amide bonds. The number of thioether (sulfide) groups is 1. The number of nitrogens with one attached hydrogen (secondary N) is 1. The summed E-state index contributed by atoms with van der Waals surface area (Å²) in [5, 5.41) is 12.6. The molecular weight excluding hydrogens is 441 g/mol. The van der Waals surface area contributed by atoms with Crippen molar-refractivity contribution in [3.63, 3.8) is 0 Å². The van der Waals surface area contributed by atoms with E-state index in [2.05, 4.69) is 29.4 Å². The number of aromatic nitrogens is 4. The smallest absolute Gasteiger partial charge is 0.262 e. The summed E-state index contributed by atoms with van der Waals surface area (Å²) in [4.78, 5) is 25.7. The van der Waals surface area contributed by atoms with Crippen LogP contribution in [0.1, 0.15) is 38.8 Å². The molecule has 0 aliphatic rings. The number of benzene rings is 2. The molecule has 1 unspecified atom stereocenters. The number of para-hydroxylation sites is 1. The highest BCUT2D eigenvalue weighted by Crippen LogP contribution is 2.22. The molecule has 0 radical (unpaired) electrons. The molecule has 2 aromatic carbocycles. The standard InChI is InChI=1S/C24H26FN5O2S/c1-15(2)12-13-29-22(32)19-6-4-5-7-20(19)30-23(29)27-28-24(30)33-14-21(31)26-16(3)17-8-10-18(25)11-9-17/h4-11,15-16H,12-14H2,1-3H3,(H,26,31). The minimum Gasteiger partial charge on any atom is -0.349 e. The van der Waals surface area contributed by atoms with E-state index >= 15 is 0 Å². The van der Waals surface area contributed by atoms with E-state index in [-0.39, 0.29) is 29.1 Å². The molecule has 0 saturated carbocycles. The molecule has 172 valence electrons. The van der Waals surface area contributed by atoms with Crippen LogP contribution >= 0.6 is 11.8 Å². The Balaban J connectivity index is 1.59. The zero-order chi connectivity index (χ0) is 23.5. The number of rotatable bonds is 8. The summed E-state index contributed by atoms with van der Waals surface area (Å²) < 4.78 is 16.7. The normalized spacial score (nSPS) is 12.5. The maximum absolute atomic E-state index is 13.1. The summed E-state index contributed by atoms with van der Waals surface area (Å²) in [6.07, 6.45) is 0.840. The SMILES string of the molecule is CC(C)CCn1c(=O)c2ccccc2n2c(SCC(=O)NC(C)c3ccc(F)cc3)nnc12. The lowest BCUT2D eigenvalue weighted by molar-refractivity contribution is -0.119. The maximum atomic E-state index is 13.1. The van der Waals surface area contributed by atoms with Gasteiger partial charge in [0.2, 0.25) is 11.7 Å². The fraction of sp³-hybridized carbons (Fsp3) is 0.333. The van der Waals surface area contributed by atoms with Gasteiger partial charge in [-0.05, 0) is 49.1 Å². The summed E-state index contributed by atoms with van der Waals surface area (Å²) >= 11 is 1.26. The number of fused-ring (bicyclic) bond motifs is 3.